The van der Waals surface area contributed by atoms with E-state index in [2.05, 4.69) is 25.1 Å². The Hall–Kier alpha value is -3.08. The van der Waals surface area contributed by atoms with Gasteiger partial charge in [-0.25, -0.2) is 9.50 Å². The number of thioether (sulfide) groups is 1. The van der Waals surface area contributed by atoms with Gasteiger partial charge in [-0.2, -0.15) is 13.8 Å². The molecule has 1 aromatic carbocycles. The molecule has 29 heavy (non-hydrogen) atoms. The fraction of sp³-hybridized carbons (Fsp3) is 0.278. The first-order valence-electron chi connectivity index (χ1n) is 8.47. The lowest BCUT2D eigenvalue weighted by Crippen LogP contribution is -2.31. The van der Waals surface area contributed by atoms with Crippen LogP contribution in [0.4, 0.5) is 8.78 Å². The van der Waals surface area contributed by atoms with Crippen molar-refractivity contribution in [3.8, 4) is 5.75 Å². The number of carbonyl (C=O) groups is 2. The Morgan fingerprint density at radius 3 is 2.52 bits per heavy atom. The minimum atomic E-state index is -2.95. The Morgan fingerprint density at radius 2 is 1.86 bits per heavy atom. The average molecular weight is 421 g/mol. The molecule has 2 aromatic heterocycles. The van der Waals surface area contributed by atoms with Crippen molar-refractivity contribution in [3.05, 3.63) is 46.8 Å². The molecule has 1 N–H and O–H groups in total. The molecular weight excluding hydrogens is 404 g/mol. The molecule has 2 heterocycles. The number of benzene rings is 1. The number of hydrogen-bond acceptors (Lipinski definition) is 7. The summed E-state index contributed by atoms with van der Waals surface area (Å²) < 4.78 is 30.1. The van der Waals surface area contributed by atoms with E-state index in [-0.39, 0.29) is 17.1 Å². The maximum absolute atomic E-state index is 12.1. The van der Waals surface area contributed by atoms with Crippen molar-refractivity contribution < 1.29 is 23.1 Å². The zero-order valence-corrected chi connectivity index (χ0v) is 16.6. The monoisotopic (exact) mass is 421 g/mol. The van der Waals surface area contributed by atoms with Gasteiger partial charge in [0.1, 0.15) is 5.75 Å². The highest BCUT2D eigenvalue weighted by molar-refractivity contribution is 7.99. The Labute approximate surface area is 168 Å². The number of nitrogens with one attached hydrogen (secondary N) is 1. The number of aromatic nitrogens is 4. The zero-order valence-electron chi connectivity index (χ0n) is 15.8. The number of imide groups is 1. The summed E-state index contributed by atoms with van der Waals surface area (Å²) in [5.41, 5.74) is 2.91. The molecule has 3 aromatic rings. The van der Waals surface area contributed by atoms with Crippen LogP contribution < -0.4 is 10.1 Å². The third-order valence-corrected chi connectivity index (χ3v) is 5.01. The molecule has 0 saturated carbocycles. The normalized spacial score (nSPS) is 11.1. The first kappa shape index (κ1) is 20.6. The summed E-state index contributed by atoms with van der Waals surface area (Å²) in [6.45, 7) is 2.78. The Balaban J connectivity index is 1.59. The molecule has 11 heteroatoms. The zero-order chi connectivity index (χ0) is 21.1. The number of ether oxygens (including phenoxy) is 1. The van der Waals surface area contributed by atoms with Crippen LogP contribution in [0.15, 0.2) is 29.4 Å². The summed E-state index contributed by atoms with van der Waals surface area (Å²) in [6, 6.07) is 5.02. The molecule has 0 radical (unpaired) electrons. The van der Waals surface area contributed by atoms with Crippen LogP contribution in [-0.4, -0.2) is 43.8 Å². The highest BCUT2D eigenvalue weighted by atomic mass is 32.2. The molecule has 0 fully saturated rings. The van der Waals surface area contributed by atoms with E-state index < -0.39 is 18.4 Å². The number of aryl methyl sites for hydroxylation is 2. The molecule has 2 amide bonds. The van der Waals surface area contributed by atoms with Crippen molar-refractivity contribution in [2.75, 3.05) is 5.75 Å². The molecule has 0 aliphatic rings. The van der Waals surface area contributed by atoms with E-state index in [0.29, 0.717) is 10.9 Å². The van der Waals surface area contributed by atoms with E-state index in [1.807, 2.05) is 20.8 Å². The van der Waals surface area contributed by atoms with E-state index >= 15 is 0 Å². The van der Waals surface area contributed by atoms with Crippen LogP contribution in [0.3, 0.4) is 0 Å². The third-order valence-electron chi connectivity index (χ3n) is 4.17. The number of halogens is 2. The van der Waals surface area contributed by atoms with Gasteiger partial charge in [0.2, 0.25) is 11.1 Å². The second-order valence-electron chi connectivity index (χ2n) is 6.08. The summed E-state index contributed by atoms with van der Waals surface area (Å²) in [6.07, 6.45) is 0. The van der Waals surface area contributed by atoms with Crippen molar-refractivity contribution in [3.63, 3.8) is 0 Å². The Morgan fingerprint density at radius 1 is 1.17 bits per heavy atom. The van der Waals surface area contributed by atoms with Gasteiger partial charge in [0.25, 0.3) is 11.7 Å². The van der Waals surface area contributed by atoms with Crippen LogP contribution in [-0.2, 0) is 4.79 Å². The van der Waals surface area contributed by atoms with Gasteiger partial charge in [-0.1, -0.05) is 11.8 Å². The van der Waals surface area contributed by atoms with Crippen molar-refractivity contribution in [1.29, 1.82) is 0 Å². The minimum Gasteiger partial charge on any atom is -0.435 e. The molecule has 0 aliphatic carbocycles. The standard InChI is InChI=1S/C18H17F2N5O3S/c1-9-10(2)21-17-23-18(24-25(17)11(9)3)29-8-14(26)22-15(27)12-4-6-13(7-5-12)28-16(19)20/h4-7,16H,8H2,1-3H3,(H,22,26,27). The highest BCUT2D eigenvalue weighted by Gasteiger charge is 2.15. The summed E-state index contributed by atoms with van der Waals surface area (Å²) in [5, 5.41) is 6.91. The second-order valence-corrected chi connectivity index (χ2v) is 7.03. The van der Waals surface area contributed by atoms with Crippen molar-refractivity contribution >= 4 is 29.4 Å². The molecule has 152 valence electrons. The molecule has 0 spiro atoms. The molecule has 0 aliphatic heterocycles. The number of alkyl halides is 2. The van der Waals surface area contributed by atoms with Gasteiger partial charge in [-0.15, -0.1) is 5.10 Å². The summed E-state index contributed by atoms with van der Waals surface area (Å²) in [4.78, 5) is 32.8. The van der Waals surface area contributed by atoms with Crippen LogP contribution in [0, 0.1) is 20.8 Å². The molecule has 3 rings (SSSR count). The summed E-state index contributed by atoms with van der Waals surface area (Å²) in [7, 11) is 0. The number of amides is 2. The van der Waals surface area contributed by atoms with Gasteiger partial charge in [-0.05, 0) is 50.6 Å². The first-order valence-corrected chi connectivity index (χ1v) is 9.45. The topological polar surface area (TPSA) is 98.5 Å². The lowest BCUT2D eigenvalue weighted by molar-refractivity contribution is -0.117. The fourth-order valence-corrected chi connectivity index (χ4v) is 3.07. The minimum absolute atomic E-state index is 0.0772. The van der Waals surface area contributed by atoms with Crippen molar-refractivity contribution in [2.24, 2.45) is 0 Å². The lowest BCUT2D eigenvalue weighted by Gasteiger charge is -2.06. The largest absolute Gasteiger partial charge is 0.435 e. The maximum Gasteiger partial charge on any atom is 0.387 e. The molecular formula is C18H17F2N5O3S. The second kappa shape index (κ2) is 8.52. The van der Waals surface area contributed by atoms with Crippen molar-refractivity contribution in [1.82, 2.24) is 24.9 Å². The molecule has 8 nitrogen and oxygen atoms in total. The van der Waals surface area contributed by atoms with Crippen LogP contribution in [0.5, 0.6) is 5.75 Å². The number of nitrogens with zero attached hydrogens (tertiary/aromatic N) is 4. The van der Waals surface area contributed by atoms with Gasteiger partial charge >= 0.3 is 6.61 Å². The van der Waals surface area contributed by atoms with E-state index in [1.54, 1.807) is 4.52 Å². The molecule has 0 atom stereocenters. The number of hydrogen-bond donors (Lipinski definition) is 1. The molecule has 0 saturated heterocycles. The van der Waals surface area contributed by atoms with Gasteiger partial charge < -0.3 is 4.74 Å². The maximum atomic E-state index is 12.1. The number of carbonyl (C=O) groups excluding carboxylic acids is 2. The lowest BCUT2D eigenvalue weighted by atomic mass is 10.2. The average Bonchev–Trinajstić information content (AvgIpc) is 3.07. The fourth-order valence-electron chi connectivity index (χ4n) is 2.45. The highest BCUT2D eigenvalue weighted by Crippen LogP contribution is 2.18. The molecule has 0 unspecified atom stereocenters. The van der Waals surface area contributed by atoms with E-state index in [1.165, 1.54) is 24.3 Å². The van der Waals surface area contributed by atoms with Crippen LogP contribution in [0.25, 0.3) is 5.78 Å². The van der Waals surface area contributed by atoms with E-state index in [9.17, 15) is 18.4 Å². The predicted octanol–water partition coefficient (Wildman–Crippen LogP) is 2.70. The van der Waals surface area contributed by atoms with E-state index in [4.69, 9.17) is 0 Å². The van der Waals surface area contributed by atoms with Gasteiger partial charge in [0.15, 0.2) is 0 Å². The van der Waals surface area contributed by atoms with Crippen LogP contribution >= 0.6 is 11.8 Å². The van der Waals surface area contributed by atoms with Gasteiger partial charge in [0.05, 0.1) is 5.75 Å². The van der Waals surface area contributed by atoms with Gasteiger partial charge in [0, 0.05) is 17.0 Å². The Kier molecular flexibility index (Phi) is 6.06. The predicted molar refractivity (Wildman–Crippen MR) is 101 cm³/mol. The Bertz CT molecular complexity index is 1070. The third kappa shape index (κ3) is 4.86. The van der Waals surface area contributed by atoms with E-state index in [0.717, 1.165) is 28.7 Å². The summed E-state index contributed by atoms with van der Waals surface area (Å²) in [5.74, 6) is -0.900. The summed E-state index contributed by atoms with van der Waals surface area (Å²) >= 11 is 1.07. The SMILES string of the molecule is Cc1nc2nc(SCC(=O)NC(=O)c3ccc(OC(F)F)cc3)nn2c(C)c1C. The number of rotatable bonds is 6. The van der Waals surface area contributed by atoms with Gasteiger partial charge in [-0.3, -0.25) is 14.9 Å². The quantitative estimate of drug-likeness (QED) is 0.611. The molecule has 0 bridgehead atoms. The van der Waals surface area contributed by atoms with Crippen LogP contribution in [0.2, 0.25) is 0 Å². The number of fused-ring (bicyclic) bond motifs is 1. The smallest absolute Gasteiger partial charge is 0.387 e. The van der Waals surface area contributed by atoms with Crippen LogP contribution in [0.1, 0.15) is 27.3 Å². The van der Waals surface area contributed by atoms with Crippen molar-refractivity contribution in [2.45, 2.75) is 32.5 Å². The first-order chi connectivity index (χ1) is 13.7.